The standard InChI is InChI=1S/C12H22.H4Si/c1-10-6-5-9-12(10,2)11-7-3-4-8-11;/h10-11H,3-9H2,1-2H3;1H4. The molecule has 0 spiro atoms. The van der Waals surface area contributed by atoms with E-state index >= 15 is 0 Å². The van der Waals surface area contributed by atoms with Crippen molar-refractivity contribution in [1.82, 2.24) is 0 Å². The molecule has 2 unspecified atom stereocenters. The molecule has 0 nitrogen and oxygen atoms in total. The van der Waals surface area contributed by atoms with Crippen LogP contribution in [0.15, 0.2) is 0 Å². The van der Waals surface area contributed by atoms with Gasteiger partial charge in [-0.15, -0.1) is 0 Å². The van der Waals surface area contributed by atoms with Gasteiger partial charge in [-0.05, 0) is 47.5 Å². The van der Waals surface area contributed by atoms with Gasteiger partial charge in [-0.3, -0.25) is 0 Å². The summed E-state index contributed by atoms with van der Waals surface area (Å²) in [6.45, 7) is 5.03. The first-order valence-electron chi connectivity index (χ1n) is 5.73. The molecule has 1 heteroatoms. The van der Waals surface area contributed by atoms with Gasteiger partial charge in [-0.2, -0.15) is 0 Å². The average molecular weight is 198 g/mol. The van der Waals surface area contributed by atoms with Crippen LogP contribution in [0.2, 0.25) is 0 Å². The number of hydrogen-bond acceptors (Lipinski definition) is 0. The Morgan fingerprint density at radius 2 is 1.62 bits per heavy atom. The molecule has 0 aromatic heterocycles. The van der Waals surface area contributed by atoms with Crippen LogP contribution in [0.4, 0.5) is 0 Å². The molecular formula is C12H26Si. The van der Waals surface area contributed by atoms with E-state index in [-0.39, 0.29) is 11.0 Å². The Morgan fingerprint density at radius 3 is 2.08 bits per heavy atom. The maximum Gasteiger partial charge on any atom is -0.0149 e. The molecular weight excluding hydrogens is 172 g/mol. The van der Waals surface area contributed by atoms with E-state index in [0.29, 0.717) is 0 Å². The summed E-state index contributed by atoms with van der Waals surface area (Å²) in [6, 6.07) is 0. The zero-order valence-corrected chi connectivity index (χ0v) is 8.60. The molecule has 2 fully saturated rings. The fraction of sp³-hybridized carbons (Fsp3) is 1.00. The molecule has 2 aliphatic rings. The van der Waals surface area contributed by atoms with E-state index in [9.17, 15) is 0 Å². The minimum absolute atomic E-state index is 0. The van der Waals surface area contributed by atoms with Crippen LogP contribution in [-0.4, -0.2) is 11.0 Å². The largest absolute Gasteiger partial charge is 0.0620 e. The van der Waals surface area contributed by atoms with Gasteiger partial charge in [0.05, 0.1) is 0 Å². The van der Waals surface area contributed by atoms with Crippen LogP contribution in [0.3, 0.4) is 0 Å². The lowest BCUT2D eigenvalue weighted by atomic mass is 9.69. The topological polar surface area (TPSA) is 0 Å². The summed E-state index contributed by atoms with van der Waals surface area (Å²) < 4.78 is 0. The van der Waals surface area contributed by atoms with E-state index in [1.54, 1.807) is 0 Å². The van der Waals surface area contributed by atoms with Gasteiger partial charge in [0.25, 0.3) is 0 Å². The van der Waals surface area contributed by atoms with Gasteiger partial charge in [0.2, 0.25) is 0 Å². The molecule has 0 bridgehead atoms. The van der Waals surface area contributed by atoms with E-state index in [1.165, 1.54) is 44.9 Å². The molecule has 2 aliphatic carbocycles. The summed E-state index contributed by atoms with van der Waals surface area (Å²) in [5.74, 6) is 2.08. The highest BCUT2D eigenvalue weighted by Gasteiger charge is 2.42. The van der Waals surface area contributed by atoms with Crippen LogP contribution in [0.5, 0.6) is 0 Å². The number of hydrogen-bond donors (Lipinski definition) is 0. The Morgan fingerprint density at radius 1 is 1.00 bits per heavy atom. The lowest BCUT2D eigenvalue weighted by molar-refractivity contribution is 0.137. The highest BCUT2D eigenvalue weighted by molar-refractivity contribution is 5.75. The zero-order valence-electron chi connectivity index (χ0n) is 8.60. The minimum atomic E-state index is 0. The van der Waals surface area contributed by atoms with Crippen molar-refractivity contribution in [3.05, 3.63) is 0 Å². The van der Waals surface area contributed by atoms with Crippen molar-refractivity contribution in [3.63, 3.8) is 0 Å². The smallest absolute Gasteiger partial charge is 0.0149 e. The van der Waals surface area contributed by atoms with E-state index in [0.717, 1.165) is 17.3 Å². The summed E-state index contributed by atoms with van der Waals surface area (Å²) in [7, 11) is 0. The molecule has 2 saturated carbocycles. The van der Waals surface area contributed by atoms with Crippen molar-refractivity contribution in [1.29, 1.82) is 0 Å². The van der Waals surface area contributed by atoms with Crippen molar-refractivity contribution >= 4 is 11.0 Å². The van der Waals surface area contributed by atoms with Crippen molar-refractivity contribution in [2.45, 2.75) is 58.8 Å². The lowest BCUT2D eigenvalue weighted by Gasteiger charge is -2.35. The quantitative estimate of drug-likeness (QED) is 0.568. The highest BCUT2D eigenvalue weighted by Crippen LogP contribution is 2.53. The molecule has 0 radical (unpaired) electrons. The van der Waals surface area contributed by atoms with Crippen LogP contribution >= 0.6 is 0 Å². The van der Waals surface area contributed by atoms with Crippen molar-refractivity contribution < 1.29 is 0 Å². The Labute approximate surface area is 87.5 Å². The zero-order chi connectivity index (χ0) is 8.60. The van der Waals surface area contributed by atoms with Crippen LogP contribution in [0.25, 0.3) is 0 Å². The van der Waals surface area contributed by atoms with Gasteiger partial charge in [-0.25, -0.2) is 0 Å². The van der Waals surface area contributed by atoms with Gasteiger partial charge in [0, 0.05) is 0 Å². The first-order chi connectivity index (χ1) is 5.73. The Bertz CT molecular complexity index is 161. The second kappa shape index (κ2) is 4.16. The van der Waals surface area contributed by atoms with Crippen LogP contribution < -0.4 is 0 Å². The third-order valence-electron chi connectivity index (χ3n) is 4.77. The summed E-state index contributed by atoms with van der Waals surface area (Å²) in [4.78, 5) is 0. The summed E-state index contributed by atoms with van der Waals surface area (Å²) in [5.41, 5.74) is 0.733. The maximum atomic E-state index is 2.56. The Kier molecular flexibility index (Phi) is 3.62. The normalized spacial score (nSPS) is 40.6. The lowest BCUT2D eigenvalue weighted by Crippen LogP contribution is -2.27. The molecule has 78 valence electrons. The average Bonchev–Trinajstić information content (AvgIpc) is 2.62. The first-order valence-corrected chi connectivity index (χ1v) is 5.73. The molecule has 0 saturated heterocycles. The predicted octanol–water partition coefficient (Wildman–Crippen LogP) is 2.55. The molecule has 2 rings (SSSR count). The van der Waals surface area contributed by atoms with Gasteiger partial charge in [-0.1, -0.05) is 39.5 Å². The van der Waals surface area contributed by atoms with Gasteiger partial charge in [0.1, 0.15) is 0 Å². The molecule has 0 amide bonds. The second-order valence-electron chi connectivity index (χ2n) is 5.28. The van der Waals surface area contributed by atoms with E-state index in [2.05, 4.69) is 13.8 Å². The van der Waals surface area contributed by atoms with E-state index in [4.69, 9.17) is 0 Å². The van der Waals surface area contributed by atoms with Crippen molar-refractivity contribution in [3.8, 4) is 0 Å². The molecule has 0 heterocycles. The Hall–Kier alpha value is 0.217. The number of rotatable bonds is 1. The Balaban J connectivity index is 0.000000845. The van der Waals surface area contributed by atoms with Crippen molar-refractivity contribution in [2.75, 3.05) is 0 Å². The third kappa shape index (κ3) is 1.86. The van der Waals surface area contributed by atoms with Gasteiger partial charge < -0.3 is 0 Å². The molecule has 2 atom stereocenters. The SMILES string of the molecule is CC1CCCC1(C)C1CCCC1.[SiH4]. The van der Waals surface area contributed by atoms with Crippen LogP contribution in [0.1, 0.15) is 58.8 Å². The third-order valence-corrected chi connectivity index (χ3v) is 4.77. The summed E-state index contributed by atoms with van der Waals surface area (Å²) >= 11 is 0. The van der Waals surface area contributed by atoms with Gasteiger partial charge in [0.15, 0.2) is 0 Å². The maximum absolute atomic E-state index is 2.56. The first kappa shape index (κ1) is 11.3. The second-order valence-corrected chi connectivity index (χ2v) is 5.28. The summed E-state index contributed by atoms with van der Waals surface area (Å²) in [6.07, 6.45) is 10.6. The molecule has 0 aliphatic heterocycles. The van der Waals surface area contributed by atoms with Crippen LogP contribution in [0, 0.1) is 17.3 Å². The van der Waals surface area contributed by atoms with Crippen LogP contribution in [-0.2, 0) is 0 Å². The molecule has 0 aromatic rings. The molecule has 0 N–H and O–H groups in total. The molecule has 0 aromatic carbocycles. The fourth-order valence-electron chi connectivity index (χ4n) is 3.56. The van der Waals surface area contributed by atoms with Gasteiger partial charge >= 0.3 is 0 Å². The predicted molar refractivity (Wildman–Crippen MR) is 64.4 cm³/mol. The van der Waals surface area contributed by atoms with E-state index < -0.39 is 0 Å². The monoisotopic (exact) mass is 198 g/mol. The van der Waals surface area contributed by atoms with E-state index in [1.807, 2.05) is 0 Å². The van der Waals surface area contributed by atoms with Crippen molar-refractivity contribution in [2.24, 2.45) is 17.3 Å². The summed E-state index contributed by atoms with van der Waals surface area (Å²) in [5, 5.41) is 0. The highest BCUT2D eigenvalue weighted by atomic mass is 28.1. The minimum Gasteiger partial charge on any atom is -0.0620 e. The molecule has 13 heavy (non-hydrogen) atoms. The fourth-order valence-corrected chi connectivity index (χ4v) is 3.56.